The van der Waals surface area contributed by atoms with E-state index in [1.807, 2.05) is 38.2 Å². The van der Waals surface area contributed by atoms with Gasteiger partial charge in [0, 0.05) is 49.7 Å². The lowest BCUT2D eigenvalue weighted by atomic mass is 9.99. The molecule has 6 nitrogen and oxygen atoms in total. The summed E-state index contributed by atoms with van der Waals surface area (Å²) in [4.78, 5) is 18.6. The van der Waals surface area contributed by atoms with Gasteiger partial charge in [0.15, 0.2) is 0 Å². The third kappa shape index (κ3) is 8.95. The topological polar surface area (TPSA) is 105 Å². The van der Waals surface area contributed by atoms with E-state index in [2.05, 4.69) is 27.4 Å². The number of hydrogen-bond donors (Lipinski definition) is 2. The fourth-order valence-electron chi connectivity index (χ4n) is 3.57. The van der Waals surface area contributed by atoms with Crippen LogP contribution >= 0.6 is 0 Å². The number of nitrogens with one attached hydrogen (secondary N) is 1. The van der Waals surface area contributed by atoms with Crippen molar-refractivity contribution in [1.82, 2.24) is 15.3 Å². The van der Waals surface area contributed by atoms with Crippen LogP contribution in [0.1, 0.15) is 73.9 Å². The van der Waals surface area contributed by atoms with Crippen molar-refractivity contribution in [3.63, 3.8) is 0 Å². The number of carbonyl (C=O) groups excluding carboxylic acids is 1. The number of rotatable bonds is 4. The van der Waals surface area contributed by atoms with E-state index in [0.717, 1.165) is 80.4 Å². The van der Waals surface area contributed by atoms with Crippen LogP contribution in [0.25, 0.3) is 0 Å². The van der Waals surface area contributed by atoms with E-state index < -0.39 is 0 Å². The van der Waals surface area contributed by atoms with Gasteiger partial charge in [-0.2, -0.15) is 5.26 Å². The van der Waals surface area contributed by atoms with E-state index in [9.17, 15) is 10.1 Å². The number of nitrogens with zero attached hydrogens (tertiary/aromatic N) is 3. The summed E-state index contributed by atoms with van der Waals surface area (Å²) in [5.74, 6) is 0.454. The first kappa shape index (κ1) is 24.6. The first-order valence-electron chi connectivity index (χ1n) is 11.2. The molecule has 0 aliphatic heterocycles. The summed E-state index contributed by atoms with van der Waals surface area (Å²) in [6.45, 7) is 5.25. The molecule has 2 saturated carbocycles. The van der Waals surface area contributed by atoms with Gasteiger partial charge in [-0.05, 0) is 62.8 Å². The van der Waals surface area contributed by atoms with Gasteiger partial charge < -0.3 is 5.73 Å². The van der Waals surface area contributed by atoms with E-state index in [0.29, 0.717) is 12.3 Å². The highest BCUT2D eigenvalue weighted by Gasteiger charge is 2.32. The van der Waals surface area contributed by atoms with E-state index in [1.165, 1.54) is 0 Å². The number of pyridine rings is 2. The van der Waals surface area contributed by atoms with Gasteiger partial charge in [0.25, 0.3) is 0 Å². The number of nitrogens with two attached hydrogens (primary N) is 1. The van der Waals surface area contributed by atoms with E-state index >= 15 is 0 Å². The number of aromatic nitrogens is 2. The van der Waals surface area contributed by atoms with Crippen molar-refractivity contribution in [3.05, 3.63) is 59.2 Å². The molecule has 2 aliphatic carbocycles. The maximum absolute atomic E-state index is 10.2. The average Bonchev–Trinajstić information content (AvgIpc) is 3.47. The molecular weight excluding hydrogens is 386 g/mol. The number of hydrogen-bond acceptors (Lipinski definition) is 6. The monoisotopic (exact) mass is 421 g/mol. The predicted octanol–water partition coefficient (Wildman–Crippen LogP) is 4.29. The third-order valence-corrected chi connectivity index (χ3v) is 5.64. The van der Waals surface area contributed by atoms with Crippen molar-refractivity contribution in [1.29, 1.82) is 5.26 Å². The Bertz CT molecular complexity index is 826. The van der Waals surface area contributed by atoms with Crippen LogP contribution in [0.4, 0.5) is 0 Å². The Morgan fingerprint density at radius 1 is 0.968 bits per heavy atom. The van der Waals surface area contributed by atoms with E-state index in [4.69, 9.17) is 5.73 Å². The molecule has 2 aliphatic rings. The summed E-state index contributed by atoms with van der Waals surface area (Å²) in [7, 11) is 0. The fraction of sp³-hybridized carbons (Fsp3) is 0.520. The minimum Gasteiger partial charge on any atom is -0.326 e. The Hall–Kier alpha value is -2.62. The Kier molecular flexibility index (Phi) is 10.3. The Morgan fingerprint density at radius 2 is 1.52 bits per heavy atom. The number of Topliss-reactive ketones (excluding diaryl/α,β-unsaturated/α-hetero) is 1. The fourth-order valence-corrected chi connectivity index (χ4v) is 3.57. The zero-order chi connectivity index (χ0) is 22.5. The Labute approximate surface area is 186 Å². The Balaban J connectivity index is 0.000000190. The van der Waals surface area contributed by atoms with E-state index in [-0.39, 0.29) is 5.54 Å². The molecule has 0 saturated heterocycles. The molecule has 0 bridgehead atoms. The highest BCUT2D eigenvalue weighted by molar-refractivity contribution is 5.80. The molecular formula is C25H35N5O. The predicted molar refractivity (Wildman–Crippen MR) is 123 cm³/mol. The second kappa shape index (κ2) is 12.9. The quantitative estimate of drug-likeness (QED) is 0.763. The molecule has 0 radical (unpaired) electrons. The highest BCUT2D eigenvalue weighted by Crippen LogP contribution is 2.29. The molecule has 0 spiro atoms. The van der Waals surface area contributed by atoms with Gasteiger partial charge in [-0.3, -0.25) is 20.1 Å². The Morgan fingerprint density at radius 3 is 1.90 bits per heavy atom. The first-order valence-corrected chi connectivity index (χ1v) is 11.2. The van der Waals surface area contributed by atoms with Crippen LogP contribution in [0.5, 0.6) is 0 Å². The van der Waals surface area contributed by atoms with Crippen LogP contribution in [0, 0.1) is 25.2 Å². The third-order valence-electron chi connectivity index (χ3n) is 5.64. The van der Waals surface area contributed by atoms with E-state index in [1.54, 1.807) is 6.20 Å². The van der Waals surface area contributed by atoms with Gasteiger partial charge in [0.05, 0.1) is 6.07 Å². The van der Waals surface area contributed by atoms with Crippen molar-refractivity contribution in [3.8, 4) is 6.07 Å². The summed E-state index contributed by atoms with van der Waals surface area (Å²) < 4.78 is 0. The van der Waals surface area contributed by atoms with Crippen LogP contribution < -0.4 is 11.1 Å². The maximum Gasteiger partial charge on any atom is 0.132 e. The summed E-state index contributed by atoms with van der Waals surface area (Å²) in [5, 5.41) is 12.6. The molecule has 2 aromatic heterocycles. The number of ketones is 1. The minimum absolute atomic E-state index is 0.287. The smallest absolute Gasteiger partial charge is 0.132 e. The highest BCUT2D eigenvalue weighted by atomic mass is 16.1. The van der Waals surface area contributed by atoms with Crippen LogP contribution in [0.2, 0.25) is 0 Å². The lowest BCUT2D eigenvalue weighted by molar-refractivity contribution is -0.117. The molecule has 0 amide bonds. The normalized spacial score (nSPS) is 16.5. The van der Waals surface area contributed by atoms with Gasteiger partial charge in [-0.15, -0.1) is 0 Å². The zero-order valence-electron chi connectivity index (χ0n) is 18.9. The molecule has 0 atom stereocenters. The summed E-state index contributed by atoms with van der Waals surface area (Å²) in [6.07, 6.45) is 11.9. The second-order valence-electron chi connectivity index (χ2n) is 8.32. The van der Waals surface area contributed by atoms with Crippen molar-refractivity contribution in [2.75, 3.05) is 0 Å². The van der Waals surface area contributed by atoms with Gasteiger partial charge in [-0.25, -0.2) is 0 Å². The number of nitriles is 1. The molecule has 31 heavy (non-hydrogen) atoms. The van der Waals surface area contributed by atoms with Crippen molar-refractivity contribution in [2.45, 2.75) is 83.8 Å². The number of carbonyl (C=O) groups is 1. The van der Waals surface area contributed by atoms with Crippen molar-refractivity contribution < 1.29 is 4.79 Å². The summed E-state index contributed by atoms with van der Waals surface area (Å²) >= 11 is 0. The van der Waals surface area contributed by atoms with Crippen molar-refractivity contribution in [2.24, 2.45) is 5.73 Å². The number of aryl methyl sites for hydroxylation is 2. The molecule has 0 aromatic carbocycles. The molecule has 6 heteroatoms. The maximum atomic E-state index is 10.2. The largest absolute Gasteiger partial charge is 0.326 e. The van der Waals surface area contributed by atoms with Gasteiger partial charge in [0.2, 0.25) is 0 Å². The van der Waals surface area contributed by atoms with Gasteiger partial charge in [0.1, 0.15) is 11.3 Å². The average molecular weight is 422 g/mol. The standard InChI is InChI=1S/C13H17N3.C7H10N2.C5H8O/c1-11-4-5-12(8-15-11)9-16-13(10-14)6-2-3-7-13;1-6-2-3-7(4-8)5-9-6;6-5-3-1-2-4-5/h4-5,8,16H,2-3,6-7,9H2,1H3;2-3,5H,4,8H2,1H3;1-4H2. The van der Waals surface area contributed by atoms with Gasteiger partial charge in [-0.1, -0.05) is 25.0 Å². The first-order chi connectivity index (χ1) is 15.0. The second-order valence-corrected chi connectivity index (χ2v) is 8.32. The molecule has 2 fully saturated rings. The van der Waals surface area contributed by atoms with Crippen LogP contribution in [-0.2, 0) is 17.9 Å². The molecule has 2 heterocycles. The molecule has 2 aromatic rings. The zero-order valence-corrected chi connectivity index (χ0v) is 18.9. The SMILES string of the molecule is Cc1ccc(CN)cn1.Cc1ccc(CNC2(C#N)CCCC2)cn1.O=C1CCCC1. The lowest BCUT2D eigenvalue weighted by Gasteiger charge is -2.21. The van der Waals surface area contributed by atoms with Crippen LogP contribution in [0.15, 0.2) is 36.7 Å². The van der Waals surface area contributed by atoms with Crippen LogP contribution in [-0.4, -0.2) is 21.3 Å². The lowest BCUT2D eigenvalue weighted by Crippen LogP contribution is -2.40. The molecule has 0 unspecified atom stereocenters. The molecule has 4 rings (SSSR count). The van der Waals surface area contributed by atoms with Crippen molar-refractivity contribution >= 4 is 5.78 Å². The minimum atomic E-state index is -0.287. The van der Waals surface area contributed by atoms with Gasteiger partial charge >= 0.3 is 0 Å². The summed E-state index contributed by atoms with van der Waals surface area (Å²) in [5.41, 5.74) is 9.36. The summed E-state index contributed by atoms with van der Waals surface area (Å²) in [6, 6.07) is 10.4. The van der Waals surface area contributed by atoms with Crippen LogP contribution in [0.3, 0.4) is 0 Å². The molecule has 166 valence electrons. The molecule has 3 N–H and O–H groups in total.